The zero-order valence-electron chi connectivity index (χ0n) is 11.3. The number of anilines is 1. The van der Waals surface area contributed by atoms with Crippen molar-refractivity contribution in [2.45, 2.75) is 31.8 Å². The fraction of sp³-hybridized carbons (Fsp3) is 0.692. The number of aromatic nitrogens is 2. The molecule has 7 nitrogen and oxygen atoms in total. The van der Waals surface area contributed by atoms with Crippen LogP contribution < -0.4 is 4.90 Å². The van der Waals surface area contributed by atoms with Gasteiger partial charge in [0.2, 0.25) is 5.95 Å². The van der Waals surface area contributed by atoms with Crippen molar-refractivity contribution in [2.75, 3.05) is 24.6 Å². The van der Waals surface area contributed by atoms with Gasteiger partial charge in [0, 0.05) is 19.7 Å². The largest absolute Gasteiger partial charge is 0.378 e. The minimum absolute atomic E-state index is 0.0667. The molecule has 2 aliphatic heterocycles. The van der Waals surface area contributed by atoms with E-state index in [0.717, 1.165) is 32.5 Å². The van der Waals surface area contributed by atoms with E-state index in [9.17, 15) is 10.1 Å². The maximum absolute atomic E-state index is 10.6. The standard InChI is InChI=1S/C13H18N4O3/c18-17(19)11-8-14-13(15-9-11)16-5-3-10(4-6-16)12-2-1-7-20-12/h8-10,12H,1-7H2. The molecular weight excluding hydrogens is 260 g/mol. The Morgan fingerprint density at radius 2 is 1.95 bits per heavy atom. The lowest BCUT2D eigenvalue weighted by Gasteiger charge is -2.34. The lowest BCUT2D eigenvalue weighted by molar-refractivity contribution is -0.385. The lowest BCUT2D eigenvalue weighted by Crippen LogP contribution is -2.38. The molecule has 3 rings (SSSR count). The van der Waals surface area contributed by atoms with Gasteiger partial charge in [0.25, 0.3) is 0 Å². The first-order valence-electron chi connectivity index (χ1n) is 7.07. The third kappa shape index (κ3) is 2.72. The van der Waals surface area contributed by atoms with Crippen LogP contribution in [0.1, 0.15) is 25.7 Å². The van der Waals surface area contributed by atoms with E-state index in [1.165, 1.54) is 25.2 Å². The van der Waals surface area contributed by atoms with Crippen molar-refractivity contribution >= 4 is 11.6 Å². The average molecular weight is 278 g/mol. The van der Waals surface area contributed by atoms with Crippen LogP contribution in [-0.2, 0) is 4.74 Å². The van der Waals surface area contributed by atoms with Gasteiger partial charge in [0.05, 0.1) is 11.0 Å². The summed E-state index contributed by atoms with van der Waals surface area (Å²) in [5, 5.41) is 10.6. The van der Waals surface area contributed by atoms with E-state index < -0.39 is 4.92 Å². The number of rotatable bonds is 3. The minimum Gasteiger partial charge on any atom is -0.378 e. The SMILES string of the molecule is O=[N+]([O-])c1cnc(N2CCC(C3CCCO3)CC2)nc1. The molecule has 0 aliphatic carbocycles. The van der Waals surface area contributed by atoms with E-state index in [1.54, 1.807) is 0 Å². The van der Waals surface area contributed by atoms with E-state index in [1.807, 2.05) is 0 Å². The Labute approximate surface area is 117 Å². The molecule has 0 N–H and O–H groups in total. The molecule has 1 aromatic rings. The average Bonchev–Trinajstić information content (AvgIpc) is 3.02. The molecule has 3 heterocycles. The van der Waals surface area contributed by atoms with Crippen LogP contribution in [0.5, 0.6) is 0 Å². The highest BCUT2D eigenvalue weighted by Gasteiger charge is 2.30. The van der Waals surface area contributed by atoms with Crippen molar-refractivity contribution < 1.29 is 9.66 Å². The van der Waals surface area contributed by atoms with Crippen LogP contribution in [0.4, 0.5) is 11.6 Å². The monoisotopic (exact) mass is 278 g/mol. The van der Waals surface area contributed by atoms with Gasteiger partial charge in [-0.1, -0.05) is 0 Å². The maximum atomic E-state index is 10.6. The van der Waals surface area contributed by atoms with Crippen molar-refractivity contribution in [1.82, 2.24) is 9.97 Å². The zero-order valence-corrected chi connectivity index (χ0v) is 11.3. The predicted octanol–water partition coefficient (Wildman–Crippen LogP) is 1.78. The summed E-state index contributed by atoms with van der Waals surface area (Å²) in [4.78, 5) is 20.4. The molecule has 2 fully saturated rings. The molecule has 7 heteroatoms. The van der Waals surface area contributed by atoms with E-state index in [4.69, 9.17) is 4.74 Å². The molecule has 0 radical (unpaired) electrons. The molecule has 20 heavy (non-hydrogen) atoms. The van der Waals surface area contributed by atoms with Crippen LogP contribution in [0.25, 0.3) is 0 Å². The summed E-state index contributed by atoms with van der Waals surface area (Å²) in [7, 11) is 0. The minimum atomic E-state index is -0.479. The van der Waals surface area contributed by atoms with Crippen molar-refractivity contribution in [1.29, 1.82) is 0 Å². The summed E-state index contributed by atoms with van der Waals surface area (Å²) in [5.41, 5.74) is -0.0667. The van der Waals surface area contributed by atoms with Crippen LogP contribution in [-0.4, -0.2) is 40.7 Å². The first-order valence-corrected chi connectivity index (χ1v) is 7.07. The second kappa shape index (κ2) is 5.70. The summed E-state index contributed by atoms with van der Waals surface area (Å²) in [5.74, 6) is 1.22. The quantitative estimate of drug-likeness (QED) is 0.619. The highest BCUT2D eigenvalue weighted by molar-refractivity contribution is 5.34. The number of nitro groups is 1. The Balaban J connectivity index is 1.58. The first-order chi connectivity index (χ1) is 9.74. The maximum Gasteiger partial charge on any atom is 0.305 e. The summed E-state index contributed by atoms with van der Waals surface area (Å²) in [6.07, 6.45) is 7.48. The van der Waals surface area contributed by atoms with Crippen molar-refractivity contribution in [3.8, 4) is 0 Å². The van der Waals surface area contributed by atoms with Crippen LogP contribution >= 0.6 is 0 Å². The first kappa shape index (κ1) is 13.2. The molecule has 2 aliphatic rings. The summed E-state index contributed by atoms with van der Waals surface area (Å²) >= 11 is 0. The van der Waals surface area contributed by atoms with Gasteiger partial charge in [-0.3, -0.25) is 10.1 Å². The van der Waals surface area contributed by atoms with Crippen molar-refractivity contribution in [2.24, 2.45) is 5.92 Å². The molecule has 108 valence electrons. The van der Waals surface area contributed by atoms with Gasteiger partial charge < -0.3 is 9.64 Å². The third-order valence-electron chi connectivity index (χ3n) is 4.15. The molecule has 1 unspecified atom stereocenters. The zero-order chi connectivity index (χ0) is 13.9. The van der Waals surface area contributed by atoms with E-state index >= 15 is 0 Å². The Morgan fingerprint density at radius 3 is 2.50 bits per heavy atom. The fourth-order valence-corrected chi connectivity index (χ4v) is 3.02. The number of ether oxygens (including phenoxy) is 1. The second-order valence-corrected chi connectivity index (χ2v) is 5.37. The van der Waals surface area contributed by atoms with E-state index in [-0.39, 0.29) is 5.69 Å². The summed E-state index contributed by atoms with van der Waals surface area (Å²) < 4.78 is 5.75. The molecule has 0 spiro atoms. The molecule has 1 atom stereocenters. The molecule has 0 aromatic carbocycles. The topological polar surface area (TPSA) is 81.4 Å². The summed E-state index contributed by atoms with van der Waals surface area (Å²) in [6, 6.07) is 0. The van der Waals surface area contributed by atoms with E-state index in [0.29, 0.717) is 18.0 Å². The third-order valence-corrected chi connectivity index (χ3v) is 4.15. The summed E-state index contributed by atoms with van der Waals surface area (Å²) in [6.45, 7) is 2.68. The number of hydrogen-bond donors (Lipinski definition) is 0. The Bertz CT molecular complexity index is 465. The Hall–Kier alpha value is -1.76. The van der Waals surface area contributed by atoms with Crippen LogP contribution in [0.3, 0.4) is 0 Å². The molecule has 0 amide bonds. The van der Waals surface area contributed by atoms with Gasteiger partial charge in [0.15, 0.2) is 0 Å². The molecule has 2 saturated heterocycles. The van der Waals surface area contributed by atoms with Crippen LogP contribution in [0, 0.1) is 16.0 Å². The Morgan fingerprint density at radius 1 is 1.25 bits per heavy atom. The van der Waals surface area contributed by atoms with Gasteiger partial charge in [-0.2, -0.15) is 0 Å². The molecule has 0 bridgehead atoms. The number of hydrogen-bond acceptors (Lipinski definition) is 6. The Kier molecular flexibility index (Phi) is 3.77. The van der Waals surface area contributed by atoms with Gasteiger partial charge >= 0.3 is 5.69 Å². The van der Waals surface area contributed by atoms with Crippen molar-refractivity contribution in [3.05, 3.63) is 22.5 Å². The highest BCUT2D eigenvalue weighted by atomic mass is 16.6. The van der Waals surface area contributed by atoms with Gasteiger partial charge in [-0.15, -0.1) is 0 Å². The number of nitrogens with zero attached hydrogens (tertiary/aromatic N) is 4. The van der Waals surface area contributed by atoms with Crippen LogP contribution in [0.15, 0.2) is 12.4 Å². The van der Waals surface area contributed by atoms with Gasteiger partial charge in [-0.25, -0.2) is 9.97 Å². The lowest BCUT2D eigenvalue weighted by atomic mass is 9.90. The van der Waals surface area contributed by atoms with Gasteiger partial charge in [-0.05, 0) is 31.6 Å². The predicted molar refractivity (Wildman–Crippen MR) is 72.6 cm³/mol. The molecule has 0 saturated carbocycles. The fourth-order valence-electron chi connectivity index (χ4n) is 3.02. The number of piperidine rings is 1. The van der Waals surface area contributed by atoms with Crippen LogP contribution in [0.2, 0.25) is 0 Å². The molecular formula is C13H18N4O3. The van der Waals surface area contributed by atoms with Gasteiger partial charge in [0.1, 0.15) is 12.4 Å². The molecule has 1 aromatic heterocycles. The smallest absolute Gasteiger partial charge is 0.305 e. The second-order valence-electron chi connectivity index (χ2n) is 5.37. The van der Waals surface area contributed by atoms with E-state index in [2.05, 4.69) is 14.9 Å². The van der Waals surface area contributed by atoms with Crippen molar-refractivity contribution in [3.63, 3.8) is 0 Å². The normalized spacial score (nSPS) is 24.0. The highest BCUT2D eigenvalue weighted by Crippen LogP contribution is 2.29.